The molecule has 0 bridgehead atoms. The number of aliphatic hydroxyl groups is 2. The van der Waals surface area contributed by atoms with Crippen LogP contribution in [0.4, 0.5) is 0 Å². The average Bonchev–Trinajstić information content (AvgIpc) is 2.42. The average molecular weight is 247 g/mol. The smallest absolute Gasteiger partial charge is 0.108 e. The summed E-state index contributed by atoms with van der Waals surface area (Å²) in [7, 11) is 0. The number of hydrogen-bond donors (Lipinski definition) is 3. The molecule has 1 saturated heterocycles. The third kappa shape index (κ3) is 2.99. The summed E-state index contributed by atoms with van der Waals surface area (Å²) in [4.78, 5) is 0. The second-order valence-corrected chi connectivity index (χ2v) is 4.99. The number of piperidine rings is 1. The van der Waals surface area contributed by atoms with Gasteiger partial charge in [0.15, 0.2) is 0 Å². The van der Waals surface area contributed by atoms with Gasteiger partial charge in [0.1, 0.15) is 6.23 Å². The van der Waals surface area contributed by atoms with Gasteiger partial charge < -0.3 is 10.2 Å². The van der Waals surface area contributed by atoms with Crippen molar-refractivity contribution in [3.05, 3.63) is 48.6 Å². The fourth-order valence-electron chi connectivity index (χ4n) is 2.64. The fraction of sp³-hybridized carbons (Fsp3) is 0.467. The van der Waals surface area contributed by atoms with Gasteiger partial charge in [0.05, 0.1) is 6.10 Å². The van der Waals surface area contributed by atoms with Crippen LogP contribution in [-0.4, -0.2) is 23.0 Å². The minimum atomic E-state index is -0.484. The molecule has 2 rings (SSSR count). The van der Waals surface area contributed by atoms with Crippen LogP contribution in [0, 0.1) is 11.8 Å². The first-order valence-electron chi connectivity index (χ1n) is 6.47. The Bertz CT molecular complexity index is 379. The molecule has 1 heterocycles. The molecule has 1 fully saturated rings. The quantitative estimate of drug-likeness (QED) is 0.712. The van der Waals surface area contributed by atoms with Gasteiger partial charge >= 0.3 is 0 Å². The highest BCUT2D eigenvalue weighted by Crippen LogP contribution is 2.32. The molecule has 0 amide bonds. The zero-order valence-corrected chi connectivity index (χ0v) is 10.5. The van der Waals surface area contributed by atoms with E-state index in [1.165, 1.54) is 0 Å². The van der Waals surface area contributed by atoms with E-state index in [0.29, 0.717) is 6.54 Å². The number of nitrogens with one attached hydrogen (secondary N) is 1. The van der Waals surface area contributed by atoms with Gasteiger partial charge in [-0.05, 0) is 18.4 Å². The lowest BCUT2D eigenvalue weighted by molar-refractivity contribution is -0.00619. The van der Waals surface area contributed by atoms with Gasteiger partial charge in [-0.3, -0.25) is 5.32 Å². The highest BCUT2D eigenvalue weighted by molar-refractivity contribution is 5.18. The molecule has 0 radical (unpaired) electrons. The molecule has 3 N–H and O–H groups in total. The lowest BCUT2D eigenvalue weighted by atomic mass is 9.82. The monoisotopic (exact) mass is 247 g/mol. The molecule has 1 aliphatic rings. The second kappa shape index (κ2) is 6.14. The van der Waals surface area contributed by atoms with E-state index in [0.717, 1.165) is 18.4 Å². The molecule has 3 heteroatoms. The lowest BCUT2D eigenvalue weighted by Crippen LogP contribution is -2.46. The van der Waals surface area contributed by atoms with Crippen molar-refractivity contribution in [3.8, 4) is 0 Å². The van der Waals surface area contributed by atoms with E-state index in [-0.39, 0.29) is 11.8 Å². The molecule has 1 aromatic carbocycles. The van der Waals surface area contributed by atoms with Crippen molar-refractivity contribution in [2.24, 2.45) is 11.8 Å². The highest BCUT2D eigenvalue weighted by atomic mass is 16.3. The van der Waals surface area contributed by atoms with E-state index in [9.17, 15) is 10.2 Å². The van der Waals surface area contributed by atoms with Crippen LogP contribution >= 0.6 is 0 Å². The van der Waals surface area contributed by atoms with Crippen LogP contribution < -0.4 is 5.32 Å². The van der Waals surface area contributed by atoms with Crippen LogP contribution in [0.1, 0.15) is 24.5 Å². The lowest BCUT2D eigenvalue weighted by Gasteiger charge is -2.36. The first-order chi connectivity index (χ1) is 8.72. The summed E-state index contributed by atoms with van der Waals surface area (Å²) in [6, 6.07) is 9.70. The van der Waals surface area contributed by atoms with E-state index in [4.69, 9.17) is 0 Å². The summed E-state index contributed by atoms with van der Waals surface area (Å²) in [6.07, 6.45) is 2.45. The molecule has 4 unspecified atom stereocenters. The largest absolute Gasteiger partial charge is 0.388 e. The van der Waals surface area contributed by atoms with Crippen molar-refractivity contribution in [1.82, 2.24) is 5.32 Å². The van der Waals surface area contributed by atoms with Gasteiger partial charge in [0.2, 0.25) is 0 Å². The normalized spacial score (nSPS) is 29.8. The summed E-state index contributed by atoms with van der Waals surface area (Å²) in [5.74, 6) is 0.278. The Morgan fingerprint density at radius 3 is 2.78 bits per heavy atom. The molecule has 3 nitrogen and oxygen atoms in total. The van der Waals surface area contributed by atoms with E-state index < -0.39 is 12.3 Å². The molecule has 18 heavy (non-hydrogen) atoms. The number of aliphatic hydroxyl groups excluding tert-OH is 2. The van der Waals surface area contributed by atoms with Gasteiger partial charge in [0, 0.05) is 18.4 Å². The van der Waals surface area contributed by atoms with Crippen molar-refractivity contribution in [3.63, 3.8) is 0 Å². The van der Waals surface area contributed by atoms with Crippen LogP contribution in [0.3, 0.4) is 0 Å². The summed E-state index contributed by atoms with van der Waals surface area (Å²) >= 11 is 0. The van der Waals surface area contributed by atoms with E-state index in [1.54, 1.807) is 0 Å². The first-order valence-corrected chi connectivity index (χ1v) is 6.47. The van der Waals surface area contributed by atoms with Gasteiger partial charge in [-0.1, -0.05) is 36.4 Å². The number of rotatable bonds is 4. The zero-order chi connectivity index (χ0) is 13.0. The summed E-state index contributed by atoms with van der Waals surface area (Å²) in [6.45, 7) is 4.36. The summed E-state index contributed by atoms with van der Waals surface area (Å²) in [5.41, 5.74) is 0.943. The van der Waals surface area contributed by atoms with Crippen molar-refractivity contribution in [2.75, 3.05) is 6.54 Å². The first kappa shape index (κ1) is 13.3. The molecule has 0 aromatic heterocycles. The molecular weight excluding hydrogens is 226 g/mol. The topological polar surface area (TPSA) is 52.5 Å². The van der Waals surface area contributed by atoms with Gasteiger partial charge in [0.25, 0.3) is 0 Å². The Balaban J connectivity index is 2.03. The van der Waals surface area contributed by atoms with Crippen molar-refractivity contribution in [1.29, 1.82) is 0 Å². The third-order valence-corrected chi connectivity index (χ3v) is 3.70. The standard InChI is InChI=1S/C15H21NO2/c1-2-6-12-9-13(10-16-15(12)18)14(17)11-7-4-3-5-8-11/h2-5,7-8,12-18H,1,6,9-10H2. The van der Waals surface area contributed by atoms with E-state index >= 15 is 0 Å². The Kier molecular flexibility index (Phi) is 4.53. The molecule has 98 valence electrons. The molecular formula is C15H21NO2. The number of allylic oxidation sites excluding steroid dienone is 1. The predicted molar refractivity (Wildman–Crippen MR) is 71.8 cm³/mol. The molecule has 4 atom stereocenters. The second-order valence-electron chi connectivity index (χ2n) is 4.99. The Morgan fingerprint density at radius 2 is 2.11 bits per heavy atom. The molecule has 0 spiro atoms. The van der Waals surface area contributed by atoms with E-state index in [1.807, 2.05) is 36.4 Å². The zero-order valence-electron chi connectivity index (χ0n) is 10.5. The molecule has 0 aliphatic carbocycles. The highest BCUT2D eigenvalue weighted by Gasteiger charge is 2.32. The minimum Gasteiger partial charge on any atom is -0.388 e. The maximum absolute atomic E-state index is 10.4. The molecule has 1 aliphatic heterocycles. The van der Waals surface area contributed by atoms with Crippen LogP contribution in [0.15, 0.2) is 43.0 Å². The summed E-state index contributed by atoms with van der Waals surface area (Å²) < 4.78 is 0. The third-order valence-electron chi connectivity index (χ3n) is 3.70. The van der Waals surface area contributed by atoms with Gasteiger partial charge in [-0.2, -0.15) is 0 Å². The van der Waals surface area contributed by atoms with Crippen molar-refractivity contribution in [2.45, 2.75) is 25.2 Å². The Labute approximate surface area is 108 Å². The molecule has 1 aromatic rings. The Morgan fingerprint density at radius 1 is 1.39 bits per heavy atom. The van der Waals surface area contributed by atoms with Gasteiger partial charge in [-0.25, -0.2) is 0 Å². The Hall–Kier alpha value is -1.16. The minimum absolute atomic E-state index is 0.139. The van der Waals surface area contributed by atoms with Gasteiger partial charge in [-0.15, -0.1) is 6.58 Å². The molecule has 0 saturated carbocycles. The van der Waals surface area contributed by atoms with Crippen LogP contribution in [0.2, 0.25) is 0 Å². The number of hydrogen-bond acceptors (Lipinski definition) is 3. The van der Waals surface area contributed by atoms with Crippen LogP contribution in [0.5, 0.6) is 0 Å². The van der Waals surface area contributed by atoms with E-state index in [2.05, 4.69) is 11.9 Å². The predicted octanol–water partition coefficient (Wildman–Crippen LogP) is 1.84. The maximum Gasteiger partial charge on any atom is 0.108 e. The van der Waals surface area contributed by atoms with Crippen LogP contribution in [0.25, 0.3) is 0 Å². The fourth-order valence-corrected chi connectivity index (χ4v) is 2.64. The summed E-state index contributed by atoms with van der Waals surface area (Å²) in [5, 5.41) is 23.3. The van der Waals surface area contributed by atoms with Crippen molar-refractivity contribution >= 4 is 0 Å². The van der Waals surface area contributed by atoms with Crippen molar-refractivity contribution < 1.29 is 10.2 Å². The number of benzene rings is 1. The SMILES string of the molecule is C=CCC1CC(C(O)c2ccccc2)CNC1O. The maximum atomic E-state index is 10.4. The van der Waals surface area contributed by atoms with Crippen LogP contribution in [-0.2, 0) is 0 Å².